The van der Waals surface area contributed by atoms with Crippen LogP contribution in [-0.2, 0) is 12.8 Å². The van der Waals surface area contributed by atoms with E-state index in [0.717, 1.165) is 24.1 Å². The summed E-state index contributed by atoms with van der Waals surface area (Å²) in [5.41, 5.74) is 2.11. The minimum absolute atomic E-state index is 0.0754. The third-order valence-corrected chi connectivity index (χ3v) is 3.48. The van der Waals surface area contributed by atoms with Gasteiger partial charge >= 0.3 is 0 Å². The minimum atomic E-state index is -0.664. The number of amides is 1. The van der Waals surface area contributed by atoms with Gasteiger partial charge in [0.05, 0.1) is 11.9 Å². The number of H-pyrrole nitrogens is 1. The summed E-state index contributed by atoms with van der Waals surface area (Å²) in [6.07, 6.45) is 5.61. The van der Waals surface area contributed by atoms with Crippen molar-refractivity contribution in [2.45, 2.75) is 38.7 Å². The first kappa shape index (κ1) is 16.2. The molecule has 0 saturated carbocycles. The van der Waals surface area contributed by atoms with E-state index in [1.165, 1.54) is 0 Å². The van der Waals surface area contributed by atoms with Gasteiger partial charge in [0.25, 0.3) is 5.91 Å². The molecule has 0 atom stereocenters. The van der Waals surface area contributed by atoms with Crippen LogP contribution in [0.5, 0.6) is 0 Å². The van der Waals surface area contributed by atoms with Gasteiger partial charge in [-0.25, -0.2) is 4.98 Å². The average Bonchev–Trinajstić information content (AvgIpc) is 2.98. The Morgan fingerprint density at radius 1 is 1.27 bits per heavy atom. The van der Waals surface area contributed by atoms with Gasteiger partial charge in [-0.3, -0.25) is 4.79 Å². The topological polar surface area (TPSA) is 78.0 Å². The monoisotopic (exact) mass is 301 g/mol. The van der Waals surface area contributed by atoms with Gasteiger partial charge in [0.2, 0.25) is 0 Å². The van der Waals surface area contributed by atoms with Crippen LogP contribution in [0.4, 0.5) is 0 Å². The Hall–Kier alpha value is -2.14. The molecule has 0 aliphatic rings. The maximum absolute atomic E-state index is 12.0. The Kier molecular flexibility index (Phi) is 5.33. The standard InChI is InChI=1S/C17H23N3O2/c1-17(2,22)9-7-13-3-5-14(6-4-13)16(21)19-10-8-15-11-18-12-20-15/h3-6,11-12,22H,7-10H2,1-2H3,(H,18,20)(H,19,21). The normalized spacial score (nSPS) is 11.4. The summed E-state index contributed by atoms with van der Waals surface area (Å²) in [5.74, 6) is -0.0754. The number of aliphatic hydroxyl groups is 1. The van der Waals surface area contributed by atoms with Crippen molar-refractivity contribution in [1.82, 2.24) is 15.3 Å². The lowest BCUT2D eigenvalue weighted by atomic mass is 9.98. The second-order valence-corrected chi connectivity index (χ2v) is 6.09. The number of carbonyl (C=O) groups is 1. The van der Waals surface area contributed by atoms with Crippen molar-refractivity contribution in [3.63, 3.8) is 0 Å². The Bertz CT molecular complexity index is 583. The van der Waals surface area contributed by atoms with Crippen LogP contribution in [0.25, 0.3) is 0 Å². The number of nitrogens with zero attached hydrogens (tertiary/aromatic N) is 1. The fraction of sp³-hybridized carbons (Fsp3) is 0.412. The van der Waals surface area contributed by atoms with E-state index in [2.05, 4.69) is 15.3 Å². The fourth-order valence-corrected chi connectivity index (χ4v) is 2.11. The van der Waals surface area contributed by atoms with Crippen LogP contribution < -0.4 is 5.32 Å². The molecule has 3 N–H and O–H groups in total. The van der Waals surface area contributed by atoms with Crippen molar-refractivity contribution >= 4 is 5.91 Å². The molecule has 0 bridgehead atoms. The van der Waals surface area contributed by atoms with Gasteiger partial charge in [-0.05, 0) is 44.4 Å². The highest BCUT2D eigenvalue weighted by Crippen LogP contribution is 2.13. The van der Waals surface area contributed by atoms with Crippen LogP contribution in [0.2, 0.25) is 0 Å². The Balaban J connectivity index is 1.80. The molecule has 0 aliphatic carbocycles. The first-order chi connectivity index (χ1) is 10.4. The van der Waals surface area contributed by atoms with Gasteiger partial charge in [-0.2, -0.15) is 0 Å². The lowest BCUT2D eigenvalue weighted by Gasteiger charge is -2.16. The zero-order chi connectivity index (χ0) is 16.0. The third-order valence-electron chi connectivity index (χ3n) is 3.48. The maximum atomic E-state index is 12.0. The summed E-state index contributed by atoms with van der Waals surface area (Å²) in [4.78, 5) is 19.0. The number of imidazole rings is 1. The van der Waals surface area contributed by atoms with Gasteiger partial charge in [0.1, 0.15) is 0 Å². The lowest BCUT2D eigenvalue weighted by molar-refractivity contribution is 0.0713. The van der Waals surface area contributed by atoms with Crippen molar-refractivity contribution < 1.29 is 9.90 Å². The number of aryl methyl sites for hydroxylation is 1. The molecule has 0 fully saturated rings. The van der Waals surface area contributed by atoms with Gasteiger partial charge in [-0.15, -0.1) is 0 Å². The molecule has 2 rings (SSSR count). The second kappa shape index (κ2) is 7.22. The molecule has 118 valence electrons. The van der Waals surface area contributed by atoms with Gasteiger partial charge in [0.15, 0.2) is 0 Å². The number of rotatable bonds is 7. The first-order valence-electron chi connectivity index (χ1n) is 7.51. The SMILES string of the molecule is CC(C)(O)CCc1ccc(C(=O)NCCc2cnc[nH]2)cc1. The number of hydrogen-bond donors (Lipinski definition) is 3. The zero-order valence-electron chi connectivity index (χ0n) is 13.1. The Labute approximate surface area is 130 Å². The summed E-state index contributed by atoms with van der Waals surface area (Å²) in [7, 11) is 0. The van der Waals surface area contributed by atoms with Crippen molar-refractivity contribution in [3.05, 3.63) is 53.6 Å². The largest absolute Gasteiger partial charge is 0.390 e. The van der Waals surface area contributed by atoms with E-state index < -0.39 is 5.60 Å². The van der Waals surface area contributed by atoms with Crippen molar-refractivity contribution in [2.75, 3.05) is 6.54 Å². The van der Waals surface area contributed by atoms with E-state index in [1.807, 2.05) is 24.3 Å². The third kappa shape index (κ3) is 5.33. The number of benzene rings is 1. The van der Waals surface area contributed by atoms with Crippen LogP contribution in [0.3, 0.4) is 0 Å². The number of carbonyl (C=O) groups excluding carboxylic acids is 1. The molecule has 1 aromatic carbocycles. The highest BCUT2D eigenvalue weighted by atomic mass is 16.3. The number of aromatic amines is 1. The number of aromatic nitrogens is 2. The summed E-state index contributed by atoms with van der Waals surface area (Å²) in [6.45, 7) is 4.17. The molecule has 1 heterocycles. The molecule has 5 heteroatoms. The van der Waals surface area contributed by atoms with Crippen LogP contribution in [-0.4, -0.2) is 33.1 Å². The highest BCUT2D eigenvalue weighted by Gasteiger charge is 2.12. The summed E-state index contributed by atoms with van der Waals surface area (Å²) >= 11 is 0. The first-order valence-corrected chi connectivity index (χ1v) is 7.51. The molecule has 0 radical (unpaired) electrons. The minimum Gasteiger partial charge on any atom is -0.390 e. The summed E-state index contributed by atoms with van der Waals surface area (Å²) in [6, 6.07) is 7.53. The highest BCUT2D eigenvalue weighted by molar-refractivity contribution is 5.94. The lowest BCUT2D eigenvalue weighted by Crippen LogP contribution is -2.25. The van der Waals surface area contributed by atoms with Gasteiger partial charge in [0, 0.05) is 30.4 Å². The molecule has 1 aromatic heterocycles. The molecule has 2 aromatic rings. The van der Waals surface area contributed by atoms with Crippen LogP contribution in [0, 0.1) is 0 Å². The van der Waals surface area contributed by atoms with Crippen LogP contribution in [0.15, 0.2) is 36.8 Å². The summed E-state index contributed by atoms with van der Waals surface area (Å²) in [5, 5.41) is 12.6. The van der Waals surface area contributed by atoms with Crippen LogP contribution >= 0.6 is 0 Å². The number of hydrogen-bond acceptors (Lipinski definition) is 3. The molecule has 0 aliphatic heterocycles. The molecule has 22 heavy (non-hydrogen) atoms. The van der Waals surface area contributed by atoms with Crippen molar-refractivity contribution in [2.24, 2.45) is 0 Å². The number of nitrogens with one attached hydrogen (secondary N) is 2. The van der Waals surface area contributed by atoms with Crippen molar-refractivity contribution in [3.8, 4) is 0 Å². The van der Waals surface area contributed by atoms with E-state index in [-0.39, 0.29) is 5.91 Å². The van der Waals surface area contributed by atoms with E-state index in [4.69, 9.17) is 0 Å². The molecule has 0 saturated heterocycles. The smallest absolute Gasteiger partial charge is 0.251 e. The van der Waals surface area contributed by atoms with Gasteiger partial charge in [-0.1, -0.05) is 12.1 Å². The fourth-order valence-electron chi connectivity index (χ4n) is 2.11. The molecular formula is C17H23N3O2. The Morgan fingerprint density at radius 2 is 2.00 bits per heavy atom. The second-order valence-electron chi connectivity index (χ2n) is 6.09. The molecule has 1 amide bonds. The molecule has 0 unspecified atom stereocenters. The van der Waals surface area contributed by atoms with E-state index in [1.54, 1.807) is 26.4 Å². The average molecular weight is 301 g/mol. The predicted octanol–water partition coefficient (Wildman–Crippen LogP) is 2.09. The van der Waals surface area contributed by atoms with Crippen molar-refractivity contribution in [1.29, 1.82) is 0 Å². The summed E-state index contributed by atoms with van der Waals surface area (Å²) < 4.78 is 0. The quantitative estimate of drug-likeness (QED) is 0.732. The Morgan fingerprint density at radius 3 is 2.59 bits per heavy atom. The zero-order valence-corrected chi connectivity index (χ0v) is 13.1. The predicted molar refractivity (Wildman–Crippen MR) is 85.7 cm³/mol. The van der Waals surface area contributed by atoms with Crippen LogP contribution in [0.1, 0.15) is 41.9 Å². The van der Waals surface area contributed by atoms with E-state index in [0.29, 0.717) is 18.5 Å². The molecule has 0 spiro atoms. The maximum Gasteiger partial charge on any atom is 0.251 e. The molecular weight excluding hydrogens is 278 g/mol. The van der Waals surface area contributed by atoms with Gasteiger partial charge < -0.3 is 15.4 Å². The van der Waals surface area contributed by atoms with E-state index >= 15 is 0 Å². The van der Waals surface area contributed by atoms with E-state index in [9.17, 15) is 9.90 Å². The molecule has 5 nitrogen and oxygen atoms in total.